The summed E-state index contributed by atoms with van der Waals surface area (Å²) in [5.41, 5.74) is 8.75. The normalized spacial score (nSPS) is 11.0. The van der Waals surface area contributed by atoms with Crippen molar-refractivity contribution in [2.45, 2.75) is 13.8 Å². The first-order chi connectivity index (χ1) is 4.74. The molecule has 0 bridgehead atoms. The highest BCUT2D eigenvalue weighted by Crippen LogP contribution is 2.09. The van der Waals surface area contributed by atoms with Crippen molar-refractivity contribution in [3.63, 3.8) is 0 Å². The summed E-state index contributed by atoms with van der Waals surface area (Å²) in [5, 5.41) is 0. The van der Waals surface area contributed by atoms with Gasteiger partial charge in [0.15, 0.2) is 0 Å². The fraction of sp³-hybridized carbons (Fsp3) is 0.250. The molecule has 1 aromatic heterocycles. The van der Waals surface area contributed by atoms with Crippen molar-refractivity contribution in [3.8, 4) is 0 Å². The van der Waals surface area contributed by atoms with E-state index in [1.165, 1.54) is 17.0 Å². The van der Waals surface area contributed by atoms with E-state index in [2.05, 4.69) is 11.1 Å². The first-order valence-corrected chi connectivity index (χ1v) is 3.28. The van der Waals surface area contributed by atoms with E-state index in [4.69, 9.17) is 5.73 Å². The van der Waals surface area contributed by atoms with Crippen LogP contribution in [0.1, 0.15) is 17.0 Å². The summed E-state index contributed by atoms with van der Waals surface area (Å²) >= 11 is 0. The lowest BCUT2D eigenvalue weighted by Gasteiger charge is -1.85. The molecule has 0 spiro atoms. The highest BCUT2D eigenvalue weighted by molar-refractivity contribution is 5.52. The molecule has 0 aliphatic heterocycles. The van der Waals surface area contributed by atoms with Gasteiger partial charge in [0.05, 0.1) is 0 Å². The maximum Gasteiger partial charge on any atom is 0.0191 e. The van der Waals surface area contributed by atoms with Gasteiger partial charge in [-0.2, -0.15) is 0 Å². The molecule has 0 aliphatic rings. The van der Waals surface area contributed by atoms with Crippen molar-refractivity contribution in [3.05, 3.63) is 29.2 Å². The number of hydrogen-bond donors (Lipinski definition) is 2. The Balaban J connectivity index is 3.03. The maximum absolute atomic E-state index is 5.24. The van der Waals surface area contributed by atoms with Gasteiger partial charge in [-0.3, -0.25) is 0 Å². The summed E-state index contributed by atoms with van der Waals surface area (Å²) in [7, 11) is 0. The van der Waals surface area contributed by atoms with Gasteiger partial charge >= 0.3 is 0 Å². The van der Waals surface area contributed by atoms with Crippen LogP contribution in [-0.2, 0) is 0 Å². The van der Waals surface area contributed by atoms with E-state index >= 15 is 0 Å². The van der Waals surface area contributed by atoms with Crippen LogP contribution in [0.4, 0.5) is 0 Å². The zero-order valence-corrected chi connectivity index (χ0v) is 6.31. The van der Waals surface area contributed by atoms with Crippen LogP contribution >= 0.6 is 0 Å². The summed E-state index contributed by atoms with van der Waals surface area (Å²) in [4.78, 5) is 3.19. The minimum absolute atomic E-state index is 1.17. The van der Waals surface area contributed by atoms with Crippen LogP contribution in [0.2, 0.25) is 0 Å². The molecule has 0 radical (unpaired) electrons. The summed E-state index contributed by atoms with van der Waals surface area (Å²) in [5.74, 6) is 0. The van der Waals surface area contributed by atoms with E-state index < -0.39 is 0 Å². The molecule has 2 heteroatoms. The second-order valence-electron chi connectivity index (χ2n) is 2.39. The zero-order valence-electron chi connectivity index (χ0n) is 6.31. The Kier molecular flexibility index (Phi) is 1.81. The Morgan fingerprint density at radius 2 is 2.20 bits per heavy atom. The van der Waals surface area contributed by atoms with Gasteiger partial charge in [0.1, 0.15) is 0 Å². The van der Waals surface area contributed by atoms with Crippen LogP contribution in [0.15, 0.2) is 12.3 Å². The molecule has 0 saturated carbocycles. The molecule has 1 heterocycles. The van der Waals surface area contributed by atoms with Crippen molar-refractivity contribution >= 4 is 6.08 Å². The number of aromatic nitrogens is 1. The van der Waals surface area contributed by atoms with Crippen LogP contribution in [0, 0.1) is 13.8 Å². The standard InChI is InChI=1S/C8H12N2/c1-6-5-8(3-4-9)7(2)10-6/h3-5,10H,9H2,1-2H3/b4-3-. The van der Waals surface area contributed by atoms with Gasteiger partial charge in [0.2, 0.25) is 0 Å². The number of aryl methyl sites for hydroxylation is 2. The Morgan fingerprint density at radius 3 is 2.60 bits per heavy atom. The lowest BCUT2D eigenvalue weighted by atomic mass is 10.2. The van der Waals surface area contributed by atoms with Crippen molar-refractivity contribution in [1.82, 2.24) is 4.98 Å². The molecule has 0 fully saturated rings. The smallest absolute Gasteiger partial charge is 0.0191 e. The van der Waals surface area contributed by atoms with E-state index in [1.54, 1.807) is 6.20 Å². The molecule has 0 amide bonds. The van der Waals surface area contributed by atoms with Crippen molar-refractivity contribution in [1.29, 1.82) is 0 Å². The molecule has 54 valence electrons. The quantitative estimate of drug-likeness (QED) is 0.604. The third-order valence-electron chi connectivity index (χ3n) is 1.47. The number of rotatable bonds is 1. The monoisotopic (exact) mass is 136 g/mol. The number of H-pyrrole nitrogens is 1. The van der Waals surface area contributed by atoms with Gasteiger partial charge in [-0.25, -0.2) is 0 Å². The third kappa shape index (κ3) is 1.21. The first kappa shape index (κ1) is 6.93. The Morgan fingerprint density at radius 1 is 1.50 bits per heavy atom. The SMILES string of the molecule is Cc1cc(/C=C\N)c(C)[nH]1. The largest absolute Gasteiger partial charge is 0.405 e. The second kappa shape index (κ2) is 2.60. The molecule has 1 aromatic rings. The van der Waals surface area contributed by atoms with Crippen LogP contribution in [0.3, 0.4) is 0 Å². The van der Waals surface area contributed by atoms with E-state index in [9.17, 15) is 0 Å². The summed E-state index contributed by atoms with van der Waals surface area (Å²) in [6.45, 7) is 4.06. The van der Waals surface area contributed by atoms with Crippen LogP contribution in [0.5, 0.6) is 0 Å². The summed E-state index contributed by atoms with van der Waals surface area (Å²) < 4.78 is 0. The van der Waals surface area contributed by atoms with Crippen LogP contribution in [0.25, 0.3) is 6.08 Å². The number of nitrogens with two attached hydrogens (primary N) is 1. The number of hydrogen-bond acceptors (Lipinski definition) is 1. The van der Waals surface area contributed by atoms with Gasteiger partial charge in [0.25, 0.3) is 0 Å². The molecule has 0 aliphatic carbocycles. The molecule has 1 rings (SSSR count). The molecule has 0 unspecified atom stereocenters. The summed E-state index contributed by atoms with van der Waals surface area (Å²) in [6.07, 6.45) is 3.44. The molecule has 2 nitrogen and oxygen atoms in total. The Hall–Kier alpha value is -1.18. The lowest BCUT2D eigenvalue weighted by molar-refractivity contribution is 1.19. The molecule has 0 aromatic carbocycles. The van der Waals surface area contributed by atoms with Gasteiger partial charge in [-0.1, -0.05) is 0 Å². The minimum Gasteiger partial charge on any atom is -0.405 e. The second-order valence-corrected chi connectivity index (χ2v) is 2.39. The Bertz CT molecular complexity index is 246. The van der Waals surface area contributed by atoms with Crippen LogP contribution in [-0.4, -0.2) is 4.98 Å². The lowest BCUT2D eigenvalue weighted by Crippen LogP contribution is -1.77. The summed E-state index contributed by atoms with van der Waals surface area (Å²) in [6, 6.07) is 2.07. The topological polar surface area (TPSA) is 41.8 Å². The predicted molar refractivity (Wildman–Crippen MR) is 43.5 cm³/mol. The average molecular weight is 136 g/mol. The van der Waals surface area contributed by atoms with Gasteiger partial charge < -0.3 is 10.7 Å². The van der Waals surface area contributed by atoms with Gasteiger partial charge in [0, 0.05) is 11.4 Å². The van der Waals surface area contributed by atoms with E-state index in [1.807, 2.05) is 19.9 Å². The zero-order chi connectivity index (χ0) is 7.56. The highest BCUT2D eigenvalue weighted by Gasteiger charge is 1.95. The van der Waals surface area contributed by atoms with Gasteiger partial charge in [-0.05, 0) is 37.8 Å². The Labute approximate surface area is 60.8 Å². The first-order valence-electron chi connectivity index (χ1n) is 3.28. The number of nitrogens with one attached hydrogen (secondary N) is 1. The molecule has 3 N–H and O–H groups in total. The van der Waals surface area contributed by atoms with Crippen molar-refractivity contribution < 1.29 is 0 Å². The van der Waals surface area contributed by atoms with E-state index in [0.29, 0.717) is 0 Å². The fourth-order valence-electron chi connectivity index (χ4n) is 1.02. The molecular weight excluding hydrogens is 124 g/mol. The number of aromatic amines is 1. The van der Waals surface area contributed by atoms with Gasteiger partial charge in [-0.15, -0.1) is 0 Å². The minimum atomic E-state index is 1.17. The van der Waals surface area contributed by atoms with Crippen molar-refractivity contribution in [2.75, 3.05) is 0 Å². The fourth-order valence-corrected chi connectivity index (χ4v) is 1.02. The molecule has 0 saturated heterocycles. The van der Waals surface area contributed by atoms with Crippen LogP contribution < -0.4 is 5.73 Å². The molecule has 0 atom stereocenters. The average Bonchev–Trinajstić information content (AvgIpc) is 2.13. The highest BCUT2D eigenvalue weighted by atomic mass is 14.7. The molecule has 10 heavy (non-hydrogen) atoms. The third-order valence-corrected chi connectivity index (χ3v) is 1.47. The van der Waals surface area contributed by atoms with E-state index in [-0.39, 0.29) is 0 Å². The molecular formula is C8H12N2. The van der Waals surface area contributed by atoms with E-state index in [0.717, 1.165) is 0 Å². The van der Waals surface area contributed by atoms with Crippen molar-refractivity contribution in [2.24, 2.45) is 5.73 Å². The predicted octanol–water partition coefficient (Wildman–Crippen LogP) is 1.56. The maximum atomic E-state index is 5.24.